The zero-order valence-corrected chi connectivity index (χ0v) is 12.5. The maximum Gasteiger partial charge on any atom is 0.0452 e. The van der Waals surface area contributed by atoms with Gasteiger partial charge in [-0.25, -0.2) is 0 Å². The Morgan fingerprint density at radius 3 is 2.52 bits per heavy atom. The Kier molecular flexibility index (Phi) is 4.56. The third-order valence-corrected chi connectivity index (χ3v) is 4.42. The molecule has 2 N–H and O–H groups in total. The van der Waals surface area contributed by atoms with E-state index < -0.39 is 0 Å². The number of nitrogens with zero attached hydrogens (tertiary/aromatic N) is 1. The fraction of sp³-hybridized carbons (Fsp3) is 0.368. The molecular formula is C19H24N2. The van der Waals surface area contributed by atoms with E-state index in [1.807, 2.05) is 0 Å². The first-order valence-corrected chi connectivity index (χ1v) is 7.97. The summed E-state index contributed by atoms with van der Waals surface area (Å²) in [4.78, 5) is 2.54. The van der Waals surface area contributed by atoms with Gasteiger partial charge in [-0.1, -0.05) is 48.5 Å². The Morgan fingerprint density at radius 1 is 0.952 bits per heavy atom. The van der Waals surface area contributed by atoms with Crippen LogP contribution in [-0.4, -0.2) is 19.1 Å². The molecular weight excluding hydrogens is 256 g/mol. The van der Waals surface area contributed by atoms with E-state index in [4.69, 9.17) is 5.73 Å². The van der Waals surface area contributed by atoms with Crippen LogP contribution in [0, 0.1) is 0 Å². The van der Waals surface area contributed by atoms with Crippen molar-refractivity contribution in [2.75, 3.05) is 18.0 Å². The fourth-order valence-corrected chi connectivity index (χ4v) is 3.31. The van der Waals surface area contributed by atoms with Crippen molar-refractivity contribution < 1.29 is 0 Å². The van der Waals surface area contributed by atoms with Crippen molar-refractivity contribution >= 4 is 5.69 Å². The van der Waals surface area contributed by atoms with Gasteiger partial charge in [0.15, 0.2) is 0 Å². The molecule has 0 saturated heterocycles. The van der Waals surface area contributed by atoms with Gasteiger partial charge < -0.3 is 10.6 Å². The first-order chi connectivity index (χ1) is 10.4. The Balaban J connectivity index is 1.86. The highest BCUT2D eigenvalue weighted by Crippen LogP contribution is 2.28. The van der Waals surface area contributed by atoms with Gasteiger partial charge in [0.2, 0.25) is 0 Å². The summed E-state index contributed by atoms with van der Waals surface area (Å²) in [6, 6.07) is 19.9. The quantitative estimate of drug-likeness (QED) is 0.930. The number of hydrogen-bond donors (Lipinski definition) is 1. The van der Waals surface area contributed by atoms with Gasteiger partial charge in [0.1, 0.15) is 0 Å². The van der Waals surface area contributed by atoms with Crippen LogP contribution in [0.3, 0.4) is 0 Å². The van der Waals surface area contributed by atoms with E-state index in [0.29, 0.717) is 12.6 Å². The Bertz CT molecular complexity index is 565. The zero-order chi connectivity index (χ0) is 14.5. The maximum atomic E-state index is 6.12. The molecule has 2 aromatic carbocycles. The molecule has 1 unspecified atom stereocenters. The standard InChI is InChI=1S/C19H24N2/c20-15-18(14-16-8-2-1-3-9-16)21-13-7-6-11-17-10-4-5-12-19(17)21/h1-5,8-10,12,18H,6-7,11,13-15,20H2. The lowest BCUT2D eigenvalue weighted by Crippen LogP contribution is -2.43. The maximum absolute atomic E-state index is 6.12. The fourth-order valence-electron chi connectivity index (χ4n) is 3.31. The number of anilines is 1. The highest BCUT2D eigenvalue weighted by molar-refractivity contribution is 5.55. The second-order valence-corrected chi connectivity index (χ2v) is 5.86. The highest BCUT2D eigenvalue weighted by atomic mass is 15.2. The molecule has 0 radical (unpaired) electrons. The summed E-state index contributed by atoms with van der Waals surface area (Å²) < 4.78 is 0. The summed E-state index contributed by atoms with van der Waals surface area (Å²) in [6.45, 7) is 1.81. The lowest BCUT2D eigenvalue weighted by Gasteiger charge is -2.33. The van der Waals surface area contributed by atoms with Gasteiger partial charge in [0, 0.05) is 24.8 Å². The summed E-state index contributed by atoms with van der Waals surface area (Å²) in [5, 5.41) is 0. The van der Waals surface area contributed by atoms with Gasteiger partial charge in [0.25, 0.3) is 0 Å². The number of aryl methyl sites for hydroxylation is 1. The molecule has 2 heteroatoms. The van der Waals surface area contributed by atoms with E-state index in [1.54, 1.807) is 0 Å². The lowest BCUT2D eigenvalue weighted by molar-refractivity contribution is 0.582. The number of hydrogen-bond acceptors (Lipinski definition) is 2. The average Bonchev–Trinajstić information content (AvgIpc) is 2.76. The zero-order valence-electron chi connectivity index (χ0n) is 12.5. The van der Waals surface area contributed by atoms with Crippen LogP contribution in [0.5, 0.6) is 0 Å². The number of rotatable bonds is 4. The summed E-state index contributed by atoms with van der Waals surface area (Å²) >= 11 is 0. The summed E-state index contributed by atoms with van der Waals surface area (Å²) in [6.07, 6.45) is 4.73. The molecule has 2 nitrogen and oxygen atoms in total. The Labute approximate surface area is 127 Å². The van der Waals surface area contributed by atoms with Gasteiger partial charge in [0.05, 0.1) is 0 Å². The predicted molar refractivity (Wildman–Crippen MR) is 89.7 cm³/mol. The SMILES string of the molecule is NCC(Cc1ccccc1)N1CCCCc2ccccc21. The van der Waals surface area contributed by atoms with Gasteiger partial charge >= 0.3 is 0 Å². The Morgan fingerprint density at radius 2 is 1.71 bits per heavy atom. The third kappa shape index (κ3) is 3.27. The second-order valence-electron chi connectivity index (χ2n) is 5.86. The van der Waals surface area contributed by atoms with Crippen molar-refractivity contribution in [2.45, 2.75) is 31.7 Å². The molecule has 110 valence electrons. The minimum Gasteiger partial charge on any atom is -0.367 e. The predicted octanol–water partition coefficient (Wildman–Crippen LogP) is 3.40. The molecule has 0 saturated carbocycles. The smallest absolute Gasteiger partial charge is 0.0452 e. The van der Waals surface area contributed by atoms with Crippen LogP contribution in [0.25, 0.3) is 0 Å². The normalized spacial score (nSPS) is 16.1. The van der Waals surface area contributed by atoms with Crippen LogP contribution in [0.4, 0.5) is 5.69 Å². The van der Waals surface area contributed by atoms with Crippen LogP contribution >= 0.6 is 0 Å². The van der Waals surface area contributed by atoms with Crippen molar-refractivity contribution in [3.63, 3.8) is 0 Å². The van der Waals surface area contributed by atoms with Gasteiger partial charge in [-0.3, -0.25) is 0 Å². The van der Waals surface area contributed by atoms with E-state index >= 15 is 0 Å². The van der Waals surface area contributed by atoms with Crippen LogP contribution in [0.1, 0.15) is 24.0 Å². The van der Waals surface area contributed by atoms with E-state index in [1.165, 1.54) is 36.1 Å². The molecule has 1 atom stereocenters. The average molecular weight is 280 g/mol. The molecule has 0 bridgehead atoms. The van der Waals surface area contributed by atoms with E-state index in [2.05, 4.69) is 59.5 Å². The molecule has 0 aliphatic carbocycles. The van der Waals surface area contributed by atoms with Crippen molar-refractivity contribution in [2.24, 2.45) is 5.73 Å². The second kappa shape index (κ2) is 6.77. The third-order valence-electron chi connectivity index (χ3n) is 4.42. The monoisotopic (exact) mass is 280 g/mol. The van der Waals surface area contributed by atoms with Crippen molar-refractivity contribution in [1.82, 2.24) is 0 Å². The van der Waals surface area contributed by atoms with E-state index in [9.17, 15) is 0 Å². The van der Waals surface area contributed by atoms with Crippen molar-refractivity contribution in [3.05, 3.63) is 65.7 Å². The molecule has 0 aromatic heterocycles. The molecule has 1 aliphatic heterocycles. The number of fused-ring (bicyclic) bond motifs is 1. The molecule has 0 amide bonds. The molecule has 0 fully saturated rings. The summed E-state index contributed by atoms with van der Waals surface area (Å²) in [5.74, 6) is 0. The van der Waals surface area contributed by atoms with Gasteiger partial charge in [-0.15, -0.1) is 0 Å². The van der Waals surface area contributed by atoms with Gasteiger partial charge in [-0.2, -0.15) is 0 Å². The summed E-state index contributed by atoms with van der Waals surface area (Å²) in [5.41, 5.74) is 10.4. The number of para-hydroxylation sites is 1. The molecule has 21 heavy (non-hydrogen) atoms. The largest absolute Gasteiger partial charge is 0.367 e. The first-order valence-electron chi connectivity index (χ1n) is 7.97. The van der Waals surface area contributed by atoms with E-state index in [0.717, 1.165) is 13.0 Å². The Hall–Kier alpha value is -1.80. The minimum atomic E-state index is 0.381. The minimum absolute atomic E-state index is 0.381. The number of nitrogens with two attached hydrogens (primary N) is 1. The van der Waals surface area contributed by atoms with Gasteiger partial charge in [-0.05, 0) is 42.9 Å². The topological polar surface area (TPSA) is 29.3 Å². The molecule has 1 aliphatic rings. The van der Waals surface area contributed by atoms with Crippen LogP contribution in [-0.2, 0) is 12.8 Å². The summed E-state index contributed by atoms with van der Waals surface area (Å²) in [7, 11) is 0. The molecule has 3 rings (SSSR count). The van der Waals surface area contributed by atoms with Crippen molar-refractivity contribution in [1.29, 1.82) is 0 Å². The van der Waals surface area contributed by atoms with Crippen LogP contribution in [0.2, 0.25) is 0 Å². The first kappa shape index (κ1) is 14.2. The van der Waals surface area contributed by atoms with Crippen LogP contribution in [0.15, 0.2) is 54.6 Å². The molecule has 1 heterocycles. The molecule has 0 spiro atoms. The molecule has 2 aromatic rings. The van der Waals surface area contributed by atoms with E-state index in [-0.39, 0.29) is 0 Å². The van der Waals surface area contributed by atoms with Crippen molar-refractivity contribution in [3.8, 4) is 0 Å². The van der Waals surface area contributed by atoms with Crippen LogP contribution < -0.4 is 10.6 Å². The number of benzene rings is 2. The lowest BCUT2D eigenvalue weighted by atomic mass is 10.0. The highest BCUT2D eigenvalue weighted by Gasteiger charge is 2.22.